The normalized spacial score (nSPS) is 19.5. The van der Waals surface area contributed by atoms with Gasteiger partial charge in [-0.05, 0) is 74.8 Å². The minimum Gasteiger partial charge on any atom is -0.444 e. The van der Waals surface area contributed by atoms with E-state index in [9.17, 15) is 4.79 Å². The van der Waals surface area contributed by atoms with Crippen molar-refractivity contribution in [2.75, 3.05) is 18.4 Å². The Morgan fingerprint density at radius 2 is 2.00 bits per heavy atom. The van der Waals surface area contributed by atoms with Gasteiger partial charge in [-0.2, -0.15) is 0 Å². The first-order valence-electron chi connectivity index (χ1n) is 7.84. The molecule has 1 unspecified atom stereocenters. The molecular weight excluding hydrogens is 391 g/mol. The van der Waals surface area contributed by atoms with Gasteiger partial charge < -0.3 is 15.0 Å². The summed E-state index contributed by atoms with van der Waals surface area (Å²) in [6, 6.07) is 8.71. The van der Waals surface area contributed by atoms with Crippen LogP contribution in [0.4, 0.5) is 10.5 Å². The number of nitrogens with one attached hydrogen (secondary N) is 1. The minimum absolute atomic E-state index is 0.192. The van der Waals surface area contributed by atoms with Crippen molar-refractivity contribution in [1.29, 1.82) is 0 Å². The number of nitrogens with zero attached hydrogens (tertiary/aromatic N) is 1. The van der Waals surface area contributed by atoms with Crippen LogP contribution in [0.3, 0.4) is 0 Å². The zero-order valence-corrected chi connectivity index (χ0v) is 15.7. The van der Waals surface area contributed by atoms with Gasteiger partial charge in [-0.25, -0.2) is 4.79 Å². The molecule has 122 valence electrons. The first kappa shape index (κ1) is 17.4. The lowest BCUT2D eigenvalue weighted by Crippen LogP contribution is -2.37. The van der Waals surface area contributed by atoms with Gasteiger partial charge in [0, 0.05) is 28.4 Å². The molecule has 5 heteroatoms. The summed E-state index contributed by atoms with van der Waals surface area (Å²) in [4.78, 5) is 14.0. The zero-order valence-electron chi connectivity index (χ0n) is 13.6. The van der Waals surface area contributed by atoms with Crippen molar-refractivity contribution < 1.29 is 9.53 Å². The zero-order chi connectivity index (χ0) is 16.2. The third-order valence-electron chi connectivity index (χ3n) is 3.61. The Morgan fingerprint density at radius 3 is 2.68 bits per heavy atom. The molecular formula is C17H25IN2O2. The van der Waals surface area contributed by atoms with E-state index in [-0.39, 0.29) is 6.09 Å². The number of likely N-dealkylation sites (tertiary alicyclic amines) is 1. The fourth-order valence-electron chi connectivity index (χ4n) is 2.55. The van der Waals surface area contributed by atoms with Crippen LogP contribution in [0.15, 0.2) is 24.3 Å². The van der Waals surface area contributed by atoms with Crippen LogP contribution in [0, 0.1) is 3.57 Å². The highest BCUT2D eigenvalue weighted by atomic mass is 127. The molecule has 1 aromatic carbocycles. The molecule has 0 bridgehead atoms. The van der Waals surface area contributed by atoms with Gasteiger partial charge in [0.2, 0.25) is 0 Å². The van der Waals surface area contributed by atoms with Crippen LogP contribution in [0.2, 0.25) is 0 Å². The lowest BCUT2D eigenvalue weighted by Gasteiger charge is -2.26. The SMILES string of the molecule is CC(C)(C)OC(=O)N1CCCC(Nc2ccccc2I)CC1. The average Bonchev–Trinajstić information content (AvgIpc) is 2.65. The highest BCUT2D eigenvalue weighted by Crippen LogP contribution is 2.22. The highest BCUT2D eigenvalue weighted by Gasteiger charge is 2.25. The minimum atomic E-state index is -0.429. The molecule has 0 aromatic heterocycles. The molecule has 4 nitrogen and oxygen atoms in total. The van der Waals surface area contributed by atoms with E-state index in [0.717, 1.165) is 32.4 Å². The number of hydrogen-bond acceptors (Lipinski definition) is 3. The number of rotatable bonds is 2. The number of amides is 1. The second-order valence-corrected chi connectivity index (χ2v) is 7.88. The Balaban J connectivity index is 1.90. The number of halogens is 1. The molecule has 0 aliphatic carbocycles. The van der Waals surface area contributed by atoms with Gasteiger partial charge in [0.25, 0.3) is 0 Å². The molecule has 1 amide bonds. The van der Waals surface area contributed by atoms with Gasteiger partial charge in [-0.1, -0.05) is 12.1 Å². The molecule has 0 radical (unpaired) electrons. The molecule has 2 rings (SSSR count). The number of benzene rings is 1. The van der Waals surface area contributed by atoms with Crippen LogP contribution in [0.25, 0.3) is 0 Å². The molecule has 1 aromatic rings. The maximum atomic E-state index is 12.2. The summed E-state index contributed by atoms with van der Waals surface area (Å²) in [5.74, 6) is 0. The molecule has 1 N–H and O–H groups in total. The summed E-state index contributed by atoms with van der Waals surface area (Å²) < 4.78 is 6.70. The largest absolute Gasteiger partial charge is 0.444 e. The topological polar surface area (TPSA) is 41.6 Å². The molecule has 1 heterocycles. The van der Waals surface area contributed by atoms with E-state index < -0.39 is 5.60 Å². The van der Waals surface area contributed by atoms with Crippen molar-refractivity contribution in [2.24, 2.45) is 0 Å². The summed E-state index contributed by atoms with van der Waals surface area (Å²) >= 11 is 2.35. The Bertz CT molecular complexity index is 514. The van der Waals surface area contributed by atoms with Crippen molar-refractivity contribution >= 4 is 34.4 Å². The fourth-order valence-corrected chi connectivity index (χ4v) is 3.09. The van der Waals surface area contributed by atoms with Crippen LogP contribution in [-0.2, 0) is 4.74 Å². The maximum Gasteiger partial charge on any atom is 0.410 e. The van der Waals surface area contributed by atoms with Crippen molar-refractivity contribution in [3.63, 3.8) is 0 Å². The van der Waals surface area contributed by atoms with Crippen LogP contribution in [0.5, 0.6) is 0 Å². The van der Waals surface area contributed by atoms with Crippen molar-refractivity contribution in [2.45, 2.75) is 51.7 Å². The van der Waals surface area contributed by atoms with Crippen molar-refractivity contribution in [3.05, 3.63) is 27.8 Å². The van der Waals surface area contributed by atoms with E-state index in [1.807, 2.05) is 37.8 Å². The van der Waals surface area contributed by atoms with Gasteiger partial charge in [-0.15, -0.1) is 0 Å². The second-order valence-electron chi connectivity index (χ2n) is 6.72. The quantitative estimate of drug-likeness (QED) is 0.723. The van der Waals surface area contributed by atoms with Crippen molar-refractivity contribution in [3.8, 4) is 0 Å². The predicted octanol–water partition coefficient (Wildman–Crippen LogP) is 4.49. The molecule has 1 aliphatic rings. The van der Waals surface area contributed by atoms with E-state index >= 15 is 0 Å². The standard InChI is InChI=1S/C17H25IN2O2/c1-17(2,3)22-16(21)20-11-6-7-13(10-12-20)19-15-9-5-4-8-14(15)18/h4-5,8-9,13,19H,6-7,10-12H2,1-3H3. The van der Waals surface area contributed by atoms with Crippen LogP contribution >= 0.6 is 22.6 Å². The van der Waals surface area contributed by atoms with Gasteiger partial charge in [-0.3, -0.25) is 0 Å². The smallest absolute Gasteiger partial charge is 0.410 e. The van der Waals surface area contributed by atoms with Crippen LogP contribution < -0.4 is 5.32 Å². The van der Waals surface area contributed by atoms with Gasteiger partial charge in [0.1, 0.15) is 5.60 Å². The monoisotopic (exact) mass is 416 g/mol. The molecule has 1 saturated heterocycles. The van der Waals surface area contributed by atoms with Crippen LogP contribution in [-0.4, -0.2) is 35.7 Å². The summed E-state index contributed by atoms with van der Waals surface area (Å²) in [5, 5.41) is 3.61. The molecule has 1 atom stereocenters. The molecule has 1 fully saturated rings. The van der Waals surface area contributed by atoms with Crippen molar-refractivity contribution in [1.82, 2.24) is 4.90 Å². The lowest BCUT2D eigenvalue weighted by atomic mass is 10.1. The average molecular weight is 416 g/mol. The van der Waals surface area contributed by atoms with E-state index in [1.165, 1.54) is 9.26 Å². The Morgan fingerprint density at radius 1 is 1.27 bits per heavy atom. The van der Waals surface area contributed by atoms with E-state index in [2.05, 4.69) is 40.0 Å². The van der Waals surface area contributed by atoms with E-state index in [1.54, 1.807) is 0 Å². The number of carbonyl (C=O) groups is 1. The molecule has 1 aliphatic heterocycles. The number of para-hydroxylation sites is 1. The number of ether oxygens (including phenoxy) is 1. The number of carbonyl (C=O) groups excluding carboxylic acids is 1. The number of anilines is 1. The lowest BCUT2D eigenvalue weighted by molar-refractivity contribution is 0.0256. The molecule has 22 heavy (non-hydrogen) atoms. The van der Waals surface area contributed by atoms with Gasteiger partial charge in [0.05, 0.1) is 0 Å². The Kier molecular flexibility index (Phi) is 5.94. The number of hydrogen-bond donors (Lipinski definition) is 1. The first-order chi connectivity index (χ1) is 10.3. The third-order valence-corrected chi connectivity index (χ3v) is 4.55. The fraction of sp³-hybridized carbons (Fsp3) is 0.588. The first-order valence-corrected chi connectivity index (χ1v) is 8.92. The van der Waals surface area contributed by atoms with Crippen LogP contribution in [0.1, 0.15) is 40.0 Å². The molecule has 0 spiro atoms. The van der Waals surface area contributed by atoms with Gasteiger partial charge in [0.15, 0.2) is 0 Å². The summed E-state index contributed by atoms with van der Waals surface area (Å²) in [6.07, 6.45) is 2.83. The Labute approximate surface area is 146 Å². The molecule has 0 saturated carbocycles. The summed E-state index contributed by atoms with van der Waals surface area (Å²) in [5.41, 5.74) is 0.750. The summed E-state index contributed by atoms with van der Waals surface area (Å²) in [7, 11) is 0. The maximum absolute atomic E-state index is 12.2. The second kappa shape index (κ2) is 7.53. The van der Waals surface area contributed by atoms with Gasteiger partial charge >= 0.3 is 6.09 Å². The highest BCUT2D eigenvalue weighted by molar-refractivity contribution is 14.1. The Hall–Kier alpha value is -0.980. The van der Waals surface area contributed by atoms with E-state index in [4.69, 9.17) is 4.74 Å². The third kappa shape index (κ3) is 5.34. The van der Waals surface area contributed by atoms with E-state index in [0.29, 0.717) is 6.04 Å². The summed E-state index contributed by atoms with van der Waals surface area (Å²) in [6.45, 7) is 7.24. The predicted molar refractivity (Wildman–Crippen MR) is 98.2 cm³/mol.